The van der Waals surface area contributed by atoms with Gasteiger partial charge in [0.05, 0.1) is 59.3 Å². The van der Waals surface area contributed by atoms with Crippen molar-refractivity contribution in [3.63, 3.8) is 0 Å². The summed E-state index contributed by atoms with van der Waals surface area (Å²) < 4.78 is 26.0. The second-order valence-corrected chi connectivity index (χ2v) is 6.20. The van der Waals surface area contributed by atoms with Gasteiger partial charge in [-0.25, -0.2) is 0 Å². The number of carboxylic acids is 1. The number of rotatable bonds is 15. The minimum absolute atomic E-state index is 0.0132. The molecule has 0 unspecified atom stereocenters. The molecule has 148 valence electrons. The van der Waals surface area contributed by atoms with E-state index in [2.05, 4.69) is 0 Å². The highest BCUT2D eigenvalue weighted by atomic mass is 16.6. The van der Waals surface area contributed by atoms with Crippen LogP contribution in [0, 0.1) is 0 Å². The summed E-state index contributed by atoms with van der Waals surface area (Å²) in [7, 11) is 0. The van der Waals surface area contributed by atoms with Crippen LogP contribution in [0.5, 0.6) is 0 Å². The zero-order chi connectivity index (χ0) is 19.1. The molecular formula is C16H31NO8. The van der Waals surface area contributed by atoms with Crippen molar-refractivity contribution >= 4 is 11.9 Å². The largest absolute Gasteiger partial charge is 0.481 e. The summed E-state index contributed by atoms with van der Waals surface area (Å²) in [6.07, 6.45) is -0.0132. The van der Waals surface area contributed by atoms with Gasteiger partial charge in [0, 0.05) is 0 Å². The van der Waals surface area contributed by atoms with E-state index in [1.54, 1.807) is 20.8 Å². The van der Waals surface area contributed by atoms with E-state index in [4.69, 9.17) is 34.5 Å². The van der Waals surface area contributed by atoms with E-state index in [-0.39, 0.29) is 19.6 Å². The Morgan fingerprint density at radius 2 is 1.32 bits per heavy atom. The number of esters is 1. The molecule has 0 aliphatic heterocycles. The molecule has 0 aromatic heterocycles. The Hall–Kier alpha value is -1.26. The molecule has 0 aromatic rings. The zero-order valence-corrected chi connectivity index (χ0v) is 15.3. The van der Waals surface area contributed by atoms with Crippen LogP contribution < -0.4 is 5.73 Å². The van der Waals surface area contributed by atoms with Gasteiger partial charge in [0.25, 0.3) is 0 Å². The molecule has 9 heteroatoms. The van der Waals surface area contributed by atoms with Gasteiger partial charge in [-0.05, 0) is 20.8 Å². The first-order valence-electron chi connectivity index (χ1n) is 8.23. The molecule has 0 aliphatic carbocycles. The third-order valence-corrected chi connectivity index (χ3v) is 2.58. The van der Waals surface area contributed by atoms with Crippen LogP contribution in [-0.2, 0) is 33.3 Å². The number of carbonyl (C=O) groups excluding carboxylic acids is 1. The summed E-state index contributed by atoms with van der Waals surface area (Å²) in [6.45, 7) is 7.78. The minimum atomic E-state index is -0.886. The molecule has 25 heavy (non-hydrogen) atoms. The number of nitrogens with two attached hydrogens (primary N) is 1. The smallest absolute Gasteiger partial charge is 0.325 e. The molecule has 9 nitrogen and oxygen atoms in total. The topological polar surface area (TPSA) is 127 Å². The Bertz CT molecular complexity index is 370. The van der Waals surface area contributed by atoms with Crippen LogP contribution in [-0.4, -0.2) is 81.5 Å². The van der Waals surface area contributed by atoms with E-state index in [1.807, 2.05) is 0 Å². The summed E-state index contributed by atoms with van der Waals surface area (Å²) in [5.74, 6) is -1.38. The van der Waals surface area contributed by atoms with E-state index in [1.165, 1.54) is 0 Å². The van der Waals surface area contributed by atoms with Crippen molar-refractivity contribution < 1.29 is 38.4 Å². The van der Waals surface area contributed by atoms with Crippen molar-refractivity contribution in [2.45, 2.75) is 38.8 Å². The maximum Gasteiger partial charge on any atom is 0.325 e. The molecule has 0 saturated carbocycles. The Morgan fingerprint density at radius 1 is 0.880 bits per heavy atom. The summed E-state index contributed by atoms with van der Waals surface area (Å²) in [5, 5.41) is 8.41. The molecule has 1 atom stereocenters. The first-order valence-corrected chi connectivity index (χ1v) is 8.23. The summed E-state index contributed by atoms with van der Waals surface area (Å²) in [5.41, 5.74) is 5.10. The van der Waals surface area contributed by atoms with Crippen molar-refractivity contribution in [2.24, 2.45) is 5.73 Å². The van der Waals surface area contributed by atoms with E-state index < -0.39 is 23.6 Å². The predicted octanol–water partition coefficient (Wildman–Crippen LogP) is 0.197. The summed E-state index contributed by atoms with van der Waals surface area (Å²) in [6, 6.07) is -0.816. The third kappa shape index (κ3) is 17.4. The molecule has 0 fully saturated rings. The van der Waals surface area contributed by atoms with E-state index in [0.29, 0.717) is 39.6 Å². The fraction of sp³-hybridized carbons (Fsp3) is 0.875. The number of carboxylic acid groups (broad SMARTS) is 1. The number of hydrogen-bond acceptors (Lipinski definition) is 8. The number of carbonyl (C=O) groups is 2. The predicted molar refractivity (Wildman–Crippen MR) is 89.3 cm³/mol. The van der Waals surface area contributed by atoms with Gasteiger partial charge in [0.2, 0.25) is 0 Å². The van der Waals surface area contributed by atoms with Gasteiger partial charge in [-0.1, -0.05) is 0 Å². The van der Waals surface area contributed by atoms with Crippen LogP contribution in [0.2, 0.25) is 0 Å². The fourth-order valence-electron chi connectivity index (χ4n) is 1.48. The Kier molecular flexibility index (Phi) is 13.3. The van der Waals surface area contributed by atoms with Crippen LogP contribution in [0.1, 0.15) is 27.2 Å². The normalized spacial score (nSPS) is 12.8. The van der Waals surface area contributed by atoms with Gasteiger partial charge >= 0.3 is 11.9 Å². The quantitative estimate of drug-likeness (QED) is 0.309. The molecule has 0 aliphatic rings. The number of hydrogen-bond donors (Lipinski definition) is 2. The highest BCUT2D eigenvalue weighted by Crippen LogP contribution is 2.07. The summed E-state index contributed by atoms with van der Waals surface area (Å²) in [4.78, 5) is 21.8. The molecule has 0 radical (unpaired) electrons. The van der Waals surface area contributed by atoms with Crippen LogP contribution in [0.15, 0.2) is 0 Å². The average molecular weight is 365 g/mol. The molecule has 0 bridgehead atoms. The van der Waals surface area contributed by atoms with E-state index in [0.717, 1.165) is 0 Å². The van der Waals surface area contributed by atoms with Gasteiger partial charge in [0.15, 0.2) is 0 Å². The molecule has 0 spiro atoms. The molecule has 0 aromatic carbocycles. The zero-order valence-electron chi connectivity index (χ0n) is 15.3. The third-order valence-electron chi connectivity index (χ3n) is 2.58. The average Bonchev–Trinajstić information content (AvgIpc) is 2.49. The second-order valence-electron chi connectivity index (χ2n) is 6.20. The maximum absolute atomic E-state index is 11.6. The van der Waals surface area contributed by atoms with Gasteiger partial charge < -0.3 is 34.5 Å². The van der Waals surface area contributed by atoms with Crippen molar-refractivity contribution in [3.8, 4) is 0 Å². The maximum atomic E-state index is 11.6. The summed E-state index contributed by atoms with van der Waals surface area (Å²) >= 11 is 0. The van der Waals surface area contributed by atoms with Crippen molar-refractivity contribution in [1.82, 2.24) is 0 Å². The number of ether oxygens (including phenoxy) is 5. The molecule has 0 amide bonds. The highest BCUT2D eigenvalue weighted by Gasteiger charge is 2.22. The van der Waals surface area contributed by atoms with Crippen molar-refractivity contribution in [2.75, 3.05) is 52.9 Å². The molecule has 0 heterocycles. The van der Waals surface area contributed by atoms with Crippen molar-refractivity contribution in [3.05, 3.63) is 0 Å². The molecule has 0 rings (SSSR count). The molecule has 0 saturated heterocycles. The SMILES string of the molecule is CC(C)(C)OC(=O)[C@@H](N)COCCOCCOCCOCCC(=O)O. The Morgan fingerprint density at radius 3 is 1.76 bits per heavy atom. The highest BCUT2D eigenvalue weighted by molar-refractivity contribution is 5.76. The van der Waals surface area contributed by atoms with Crippen LogP contribution in [0.3, 0.4) is 0 Å². The van der Waals surface area contributed by atoms with Gasteiger partial charge in [0.1, 0.15) is 11.6 Å². The Labute approximate surface area is 148 Å². The molecule has 3 N–H and O–H groups in total. The standard InChI is InChI=1S/C16H31NO8/c1-16(2,3)25-15(20)13(17)12-24-11-10-23-9-8-22-7-6-21-5-4-14(18)19/h13H,4-12,17H2,1-3H3,(H,18,19)/t13-/m0/s1. The van der Waals surface area contributed by atoms with Crippen LogP contribution in [0.25, 0.3) is 0 Å². The lowest BCUT2D eigenvalue weighted by Gasteiger charge is -2.22. The monoisotopic (exact) mass is 365 g/mol. The minimum Gasteiger partial charge on any atom is -0.481 e. The first kappa shape index (κ1) is 23.7. The number of aliphatic carboxylic acids is 1. The van der Waals surface area contributed by atoms with Crippen LogP contribution in [0.4, 0.5) is 0 Å². The van der Waals surface area contributed by atoms with E-state index >= 15 is 0 Å². The van der Waals surface area contributed by atoms with Gasteiger partial charge in [-0.2, -0.15) is 0 Å². The van der Waals surface area contributed by atoms with Gasteiger partial charge in [-0.15, -0.1) is 0 Å². The van der Waals surface area contributed by atoms with Gasteiger partial charge in [-0.3, -0.25) is 9.59 Å². The lowest BCUT2D eigenvalue weighted by atomic mass is 10.2. The molecular weight excluding hydrogens is 334 g/mol. The van der Waals surface area contributed by atoms with E-state index in [9.17, 15) is 9.59 Å². The lowest BCUT2D eigenvalue weighted by Crippen LogP contribution is -2.40. The lowest BCUT2D eigenvalue weighted by molar-refractivity contribution is -0.158. The van der Waals surface area contributed by atoms with Crippen LogP contribution >= 0.6 is 0 Å². The fourth-order valence-corrected chi connectivity index (χ4v) is 1.48. The van der Waals surface area contributed by atoms with Crippen molar-refractivity contribution in [1.29, 1.82) is 0 Å². The Balaban J connectivity index is 3.33. The second kappa shape index (κ2) is 14.0. The first-order chi connectivity index (χ1) is 11.7.